The molecular formula is C10H12BClNO3. The summed E-state index contributed by atoms with van der Waals surface area (Å²) in [6, 6.07) is 4.72. The lowest BCUT2D eigenvalue weighted by molar-refractivity contribution is 0.0795. The summed E-state index contributed by atoms with van der Waals surface area (Å²) in [5.41, 5.74) is 0.317. The Bertz CT molecular complexity index is 415. The van der Waals surface area contributed by atoms with Crippen molar-refractivity contribution in [2.75, 3.05) is 0 Å². The van der Waals surface area contributed by atoms with Gasteiger partial charge in [-0.25, -0.2) is 0 Å². The van der Waals surface area contributed by atoms with E-state index in [9.17, 15) is 5.11 Å². The fraction of sp³-hybridized carbons (Fsp3) is 0.300. The minimum Gasteiger partial charge on any atom is -0.450 e. The van der Waals surface area contributed by atoms with Crippen LogP contribution in [0.3, 0.4) is 0 Å². The molecule has 1 rings (SSSR count). The molecule has 1 aromatic rings. The van der Waals surface area contributed by atoms with E-state index in [0.717, 1.165) is 7.48 Å². The first-order chi connectivity index (χ1) is 7.40. The predicted molar refractivity (Wildman–Crippen MR) is 63.5 cm³/mol. The number of hydrogen-bond donors (Lipinski definition) is 3. The second-order valence-electron chi connectivity index (χ2n) is 3.88. The van der Waals surface area contributed by atoms with Crippen molar-refractivity contribution in [2.45, 2.75) is 19.4 Å². The summed E-state index contributed by atoms with van der Waals surface area (Å²) in [5.74, 6) is 0. The fourth-order valence-electron chi connectivity index (χ4n) is 1.38. The van der Waals surface area contributed by atoms with Gasteiger partial charge in [-0.2, -0.15) is 0 Å². The Hall–Kier alpha value is -1.04. The van der Waals surface area contributed by atoms with Crippen LogP contribution in [0.15, 0.2) is 23.4 Å². The third kappa shape index (κ3) is 2.75. The topological polar surface area (TPSA) is 73.1 Å². The first-order valence-corrected chi connectivity index (χ1v) is 5.00. The Morgan fingerprint density at radius 3 is 2.50 bits per heavy atom. The van der Waals surface area contributed by atoms with Crippen molar-refractivity contribution in [2.24, 2.45) is 5.16 Å². The Balaban J connectivity index is 3.33. The van der Waals surface area contributed by atoms with Gasteiger partial charge in [0.15, 0.2) is 5.17 Å². The van der Waals surface area contributed by atoms with Crippen LogP contribution in [0.25, 0.3) is 0 Å². The summed E-state index contributed by atoms with van der Waals surface area (Å²) < 4.78 is 0. The molecule has 0 amide bonds. The molecule has 6 heteroatoms. The summed E-state index contributed by atoms with van der Waals surface area (Å²) in [5, 5.41) is 30.3. The largest absolute Gasteiger partial charge is 0.450 e. The van der Waals surface area contributed by atoms with E-state index in [1.165, 1.54) is 0 Å². The molecule has 0 atom stereocenters. The smallest absolute Gasteiger partial charge is 0.327 e. The molecule has 4 nitrogen and oxygen atoms in total. The van der Waals surface area contributed by atoms with Crippen LogP contribution in [-0.4, -0.2) is 28.0 Å². The number of halogens is 1. The van der Waals surface area contributed by atoms with E-state index in [4.69, 9.17) is 21.8 Å². The van der Waals surface area contributed by atoms with E-state index in [2.05, 4.69) is 5.16 Å². The molecule has 16 heavy (non-hydrogen) atoms. The molecule has 1 radical (unpaired) electrons. The number of nitrogens with zero attached hydrogens (tertiary/aromatic N) is 1. The van der Waals surface area contributed by atoms with Gasteiger partial charge >= 0.3 is 7.48 Å². The van der Waals surface area contributed by atoms with Crippen molar-refractivity contribution < 1.29 is 15.3 Å². The molecular weight excluding hydrogens is 228 g/mol. The quantitative estimate of drug-likeness (QED) is 0.312. The van der Waals surface area contributed by atoms with Gasteiger partial charge in [0, 0.05) is 5.56 Å². The van der Waals surface area contributed by atoms with Crippen LogP contribution in [0, 0.1) is 0 Å². The molecule has 0 spiro atoms. The maximum atomic E-state index is 9.90. The van der Waals surface area contributed by atoms with Crippen molar-refractivity contribution in [1.29, 1.82) is 0 Å². The highest BCUT2D eigenvalue weighted by atomic mass is 35.5. The van der Waals surface area contributed by atoms with Crippen molar-refractivity contribution in [3.63, 3.8) is 0 Å². The van der Waals surface area contributed by atoms with Gasteiger partial charge in [-0.15, -0.1) is 0 Å². The second-order valence-corrected chi connectivity index (χ2v) is 4.24. The number of rotatable bonds is 3. The lowest BCUT2D eigenvalue weighted by atomic mass is 9.78. The fourth-order valence-corrected chi connectivity index (χ4v) is 1.50. The van der Waals surface area contributed by atoms with Gasteiger partial charge in [0.25, 0.3) is 0 Å². The van der Waals surface area contributed by atoms with Crippen LogP contribution in [0.4, 0.5) is 0 Å². The molecule has 0 unspecified atom stereocenters. The molecule has 0 heterocycles. The van der Waals surface area contributed by atoms with Crippen LogP contribution in [0.5, 0.6) is 0 Å². The zero-order valence-corrected chi connectivity index (χ0v) is 9.73. The molecule has 0 fully saturated rings. The van der Waals surface area contributed by atoms with E-state index >= 15 is 0 Å². The number of hydrogen-bond acceptors (Lipinski definition) is 4. The van der Waals surface area contributed by atoms with Gasteiger partial charge in [0.2, 0.25) is 0 Å². The van der Waals surface area contributed by atoms with Crippen LogP contribution in [0.2, 0.25) is 0 Å². The molecule has 0 saturated heterocycles. The highest BCUT2D eigenvalue weighted by Crippen LogP contribution is 2.19. The van der Waals surface area contributed by atoms with Gasteiger partial charge in [0.05, 0.1) is 5.60 Å². The lowest BCUT2D eigenvalue weighted by Gasteiger charge is -2.21. The molecule has 0 aliphatic rings. The Kier molecular flexibility index (Phi) is 3.96. The monoisotopic (exact) mass is 240 g/mol. The van der Waals surface area contributed by atoms with E-state index in [1.54, 1.807) is 32.0 Å². The third-order valence-corrected chi connectivity index (χ3v) is 2.47. The summed E-state index contributed by atoms with van der Waals surface area (Å²) in [7, 11) is 0.904. The normalized spacial score (nSPS) is 12.7. The van der Waals surface area contributed by atoms with Crippen LogP contribution in [-0.2, 0) is 5.60 Å². The molecule has 0 aliphatic heterocycles. The molecule has 0 aliphatic carbocycles. The molecule has 1 aromatic carbocycles. The van der Waals surface area contributed by atoms with Gasteiger partial charge < -0.3 is 15.3 Å². The lowest BCUT2D eigenvalue weighted by Crippen LogP contribution is -2.30. The molecule has 0 bridgehead atoms. The van der Waals surface area contributed by atoms with Crippen molar-refractivity contribution >= 4 is 29.7 Å². The summed E-state index contributed by atoms with van der Waals surface area (Å²) in [6.45, 7) is 3.17. The number of aliphatic hydroxyl groups is 1. The minimum atomic E-state index is -1.13. The number of benzene rings is 1. The Labute approximate surface area is 99.4 Å². The Morgan fingerprint density at radius 1 is 1.44 bits per heavy atom. The van der Waals surface area contributed by atoms with E-state index < -0.39 is 5.60 Å². The minimum absolute atomic E-state index is 0.0741. The Morgan fingerprint density at radius 2 is 2.06 bits per heavy atom. The maximum absolute atomic E-state index is 9.90. The molecule has 0 saturated carbocycles. The SMILES string of the molecule is CC(C)(O)c1cc(C(Cl)=NO)ccc1[B]O. The van der Waals surface area contributed by atoms with Gasteiger partial charge in [0.1, 0.15) is 0 Å². The van der Waals surface area contributed by atoms with Crippen LogP contribution < -0.4 is 5.46 Å². The highest BCUT2D eigenvalue weighted by molar-refractivity contribution is 6.69. The second kappa shape index (κ2) is 4.87. The first-order valence-electron chi connectivity index (χ1n) is 4.62. The van der Waals surface area contributed by atoms with E-state index in [1.807, 2.05) is 0 Å². The van der Waals surface area contributed by atoms with Crippen molar-refractivity contribution in [3.05, 3.63) is 29.3 Å². The molecule has 3 N–H and O–H groups in total. The van der Waals surface area contributed by atoms with Gasteiger partial charge in [-0.3, -0.25) is 0 Å². The van der Waals surface area contributed by atoms with Crippen LogP contribution in [0.1, 0.15) is 25.0 Å². The average molecular weight is 240 g/mol. The molecule has 0 aromatic heterocycles. The summed E-state index contributed by atoms with van der Waals surface area (Å²) in [6.07, 6.45) is 0. The summed E-state index contributed by atoms with van der Waals surface area (Å²) in [4.78, 5) is 0. The first kappa shape index (κ1) is 13.0. The van der Waals surface area contributed by atoms with E-state index in [0.29, 0.717) is 16.6 Å². The third-order valence-electron chi connectivity index (χ3n) is 2.18. The van der Waals surface area contributed by atoms with Gasteiger partial charge in [-0.1, -0.05) is 28.9 Å². The summed E-state index contributed by atoms with van der Waals surface area (Å²) >= 11 is 5.65. The van der Waals surface area contributed by atoms with Crippen molar-refractivity contribution in [3.8, 4) is 0 Å². The van der Waals surface area contributed by atoms with Gasteiger partial charge in [-0.05, 0) is 30.9 Å². The highest BCUT2D eigenvalue weighted by Gasteiger charge is 2.21. The number of oxime groups is 1. The van der Waals surface area contributed by atoms with Crippen LogP contribution >= 0.6 is 11.6 Å². The van der Waals surface area contributed by atoms with E-state index in [-0.39, 0.29) is 5.17 Å². The zero-order valence-electron chi connectivity index (χ0n) is 8.98. The predicted octanol–water partition coefficient (Wildman–Crippen LogP) is 0.525. The zero-order chi connectivity index (χ0) is 12.3. The average Bonchev–Trinajstić information content (AvgIpc) is 2.26. The van der Waals surface area contributed by atoms with Crippen molar-refractivity contribution in [1.82, 2.24) is 0 Å². The standard InChI is InChI=1S/C10H12BClNO3/c1-10(2,14)7-5-6(9(12)13-16)3-4-8(7)11-15/h3-5,14-16H,1-2H3. The maximum Gasteiger partial charge on any atom is 0.327 e. The molecule has 85 valence electrons.